The minimum Gasteiger partial charge on any atom is -0.293 e. The summed E-state index contributed by atoms with van der Waals surface area (Å²) >= 11 is 0. The predicted molar refractivity (Wildman–Crippen MR) is 125 cm³/mol. The summed E-state index contributed by atoms with van der Waals surface area (Å²) in [7, 11) is -3.34. The lowest BCUT2D eigenvalue weighted by Gasteiger charge is -2.42. The third-order valence-corrected chi connectivity index (χ3v) is 7.26. The Morgan fingerprint density at radius 2 is 1.40 bits per heavy atom. The first-order valence-corrected chi connectivity index (χ1v) is 12.4. The minimum atomic E-state index is -3.34. The van der Waals surface area contributed by atoms with Crippen LogP contribution in [0.4, 0.5) is 0 Å². The molecule has 0 unspecified atom stereocenters. The molecule has 0 bridgehead atoms. The minimum absolute atomic E-state index is 0.121. The molecule has 2 aromatic rings. The molecule has 0 heterocycles. The summed E-state index contributed by atoms with van der Waals surface area (Å²) < 4.78 is 22.8. The van der Waals surface area contributed by atoms with Crippen molar-refractivity contribution in [2.45, 2.75) is 58.3 Å². The van der Waals surface area contributed by atoms with Crippen molar-refractivity contribution in [1.29, 1.82) is 0 Å². The molecule has 0 fully saturated rings. The fraction of sp³-hybridized carbons (Fsp3) is 0.423. The molecule has 0 atom stereocenters. The zero-order valence-corrected chi connectivity index (χ0v) is 19.7. The molecule has 0 saturated heterocycles. The van der Waals surface area contributed by atoms with Crippen molar-refractivity contribution < 1.29 is 13.2 Å². The van der Waals surface area contributed by atoms with E-state index in [1.54, 1.807) is 12.1 Å². The largest absolute Gasteiger partial charge is 0.293 e. The number of carbonyl (C=O) groups is 1. The molecule has 3 rings (SSSR count). The van der Waals surface area contributed by atoms with Gasteiger partial charge >= 0.3 is 0 Å². The van der Waals surface area contributed by atoms with E-state index in [1.165, 1.54) is 23.1 Å². The summed E-state index contributed by atoms with van der Waals surface area (Å²) in [6.45, 7) is 15.7. The molecule has 1 aliphatic rings. The topological polar surface area (TPSA) is 51.2 Å². The van der Waals surface area contributed by atoms with Gasteiger partial charge in [-0.05, 0) is 64.0 Å². The molecule has 4 heteroatoms. The van der Waals surface area contributed by atoms with Crippen molar-refractivity contribution in [3.05, 3.63) is 76.4 Å². The van der Waals surface area contributed by atoms with Gasteiger partial charge in [0.05, 0.1) is 0 Å². The normalized spacial score (nSPS) is 17.3. The third-order valence-electron chi connectivity index (χ3n) is 6.47. The number of hydrogen-bond donors (Lipinski definition) is 0. The highest BCUT2D eigenvalue weighted by Gasteiger charge is 2.37. The summed E-state index contributed by atoms with van der Waals surface area (Å²) in [6.07, 6.45) is 3.40. The van der Waals surface area contributed by atoms with Crippen LogP contribution < -0.4 is 0 Å². The molecule has 1 aliphatic carbocycles. The van der Waals surface area contributed by atoms with Crippen molar-refractivity contribution in [1.82, 2.24) is 0 Å². The monoisotopic (exact) mass is 424 g/mol. The number of Topliss-reactive ketones (excluding diaryl/α,β-unsaturated/α-hetero) is 1. The van der Waals surface area contributed by atoms with Crippen LogP contribution >= 0.6 is 0 Å². The van der Waals surface area contributed by atoms with Crippen LogP contribution in [0.15, 0.2) is 43.0 Å². The molecule has 30 heavy (non-hydrogen) atoms. The third kappa shape index (κ3) is 4.44. The van der Waals surface area contributed by atoms with Crippen molar-refractivity contribution in [3.63, 3.8) is 0 Å². The second kappa shape index (κ2) is 7.49. The highest BCUT2D eigenvalue weighted by Crippen LogP contribution is 2.47. The van der Waals surface area contributed by atoms with E-state index in [9.17, 15) is 13.2 Å². The Hall–Kier alpha value is -2.20. The second-order valence-electron chi connectivity index (χ2n) is 10.0. The van der Waals surface area contributed by atoms with E-state index >= 15 is 0 Å². The number of ketones is 1. The van der Waals surface area contributed by atoms with Gasteiger partial charge in [-0.1, -0.05) is 70.7 Å². The zero-order valence-electron chi connectivity index (χ0n) is 18.9. The number of carbonyl (C=O) groups excluding carboxylic acids is 1. The van der Waals surface area contributed by atoms with Crippen molar-refractivity contribution in [2.24, 2.45) is 0 Å². The van der Waals surface area contributed by atoms with Crippen LogP contribution in [0.25, 0.3) is 5.57 Å². The Morgan fingerprint density at radius 1 is 0.933 bits per heavy atom. The molecule has 0 amide bonds. The lowest BCUT2D eigenvalue weighted by atomic mass is 9.62. The van der Waals surface area contributed by atoms with E-state index < -0.39 is 15.6 Å². The summed E-state index contributed by atoms with van der Waals surface area (Å²) in [5, 5.41) is 0. The van der Waals surface area contributed by atoms with E-state index in [2.05, 4.69) is 53.3 Å². The molecule has 3 nitrogen and oxygen atoms in total. The Labute approximate surface area is 181 Å². The quantitative estimate of drug-likeness (QED) is 0.584. The number of benzene rings is 2. The standard InChI is InChI=1S/C26H32O3S/c1-17-14-22-23(26(5,6)13-12-25(22,3)4)15-21(17)18(2)19-8-10-20(11-9-19)24(27)16-30(7,28)29/h8-11,14-15H,2,12-13,16H2,1,3-7H3. The number of rotatable bonds is 5. The van der Waals surface area contributed by atoms with Gasteiger partial charge in [0.1, 0.15) is 5.75 Å². The first-order valence-electron chi connectivity index (χ1n) is 10.4. The molecular weight excluding hydrogens is 392 g/mol. The average molecular weight is 425 g/mol. The first-order chi connectivity index (χ1) is 13.7. The Bertz CT molecular complexity index is 1120. The maximum Gasteiger partial charge on any atom is 0.177 e. The van der Waals surface area contributed by atoms with E-state index in [4.69, 9.17) is 0 Å². The van der Waals surface area contributed by atoms with Crippen LogP contribution in [0.5, 0.6) is 0 Å². The van der Waals surface area contributed by atoms with Gasteiger partial charge in [0.2, 0.25) is 0 Å². The SMILES string of the molecule is C=C(c1ccc(C(=O)CS(C)(=O)=O)cc1)c1cc2c(cc1C)C(C)(C)CCC2(C)C. The first kappa shape index (κ1) is 22.5. The summed E-state index contributed by atoms with van der Waals surface area (Å²) in [4.78, 5) is 12.2. The molecule has 0 spiro atoms. The van der Waals surface area contributed by atoms with Gasteiger partial charge in [0, 0.05) is 11.8 Å². The van der Waals surface area contributed by atoms with Crippen molar-refractivity contribution in [2.75, 3.05) is 12.0 Å². The lowest BCUT2D eigenvalue weighted by Crippen LogP contribution is -2.34. The van der Waals surface area contributed by atoms with Crippen LogP contribution in [0.1, 0.15) is 78.7 Å². The zero-order chi connectivity index (χ0) is 22.5. The van der Waals surface area contributed by atoms with E-state index in [0.29, 0.717) is 5.56 Å². The predicted octanol–water partition coefficient (Wildman–Crippen LogP) is 5.63. The molecule has 0 saturated carbocycles. The Morgan fingerprint density at radius 3 is 1.90 bits per heavy atom. The van der Waals surface area contributed by atoms with Crippen LogP contribution in [0, 0.1) is 6.92 Å². The summed E-state index contributed by atoms with van der Waals surface area (Å²) in [6, 6.07) is 11.7. The van der Waals surface area contributed by atoms with Gasteiger partial charge in [0.15, 0.2) is 15.6 Å². The molecule has 0 aliphatic heterocycles. The van der Waals surface area contributed by atoms with Crippen molar-refractivity contribution >= 4 is 21.2 Å². The molecule has 0 aromatic heterocycles. The van der Waals surface area contributed by atoms with Gasteiger partial charge in [-0.25, -0.2) is 8.42 Å². The number of fused-ring (bicyclic) bond motifs is 1. The molecule has 160 valence electrons. The van der Waals surface area contributed by atoms with E-state index in [0.717, 1.165) is 29.4 Å². The molecular formula is C26H32O3S. The van der Waals surface area contributed by atoms with Gasteiger partial charge in [-0.3, -0.25) is 4.79 Å². The number of hydrogen-bond acceptors (Lipinski definition) is 3. The van der Waals surface area contributed by atoms with Crippen molar-refractivity contribution in [3.8, 4) is 0 Å². The van der Waals surface area contributed by atoms with Crippen LogP contribution in [0.2, 0.25) is 0 Å². The van der Waals surface area contributed by atoms with Gasteiger partial charge in [0.25, 0.3) is 0 Å². The summed E-state index contributed by atoms with van der Waals surface area (Å²) in [5.41, 5.74) is 7.67. The summed E-state index contributed by atoms with van der Waals surface area (Å²) in [5.74, 6) is -0.856. The maximum atomic E-state index is 12.2. The van der Waals surface area contributed by atoms with Crippen LogP contribution in [0.3, 0.4) is 0 Å². The van der Waals surface area contributed by atoms with Gasteiger partial charge in [-0.2, -0.15) is 0 Å². The van der Waals surface area contributed by atoms with Gasteiger partial charge < -0.3 is 0 Å². The Balaban J connectivity index is 1.97. The average Bonchev–Trinajstić information content (AvgIpc) is 2.63. The van der Waals surface area contributed by atoms with E-state index in [-0.39, 0.29) is 16.6 Å². The van der Waals surface area contributed by atoms with E-state index in [1.807, 2.05) is 12.1 Å². The Kier molecular flexibility index (Phi) is 5.61. The smallest absolute Gasteiger partial charge is 0.177 e. The molecule has 0 radical (unpaired) electrons. The molecule has 0 N–H and O–H groups in total. The van der Waals surface area contributed by atoms with Crippen LogP contribution in [-0.2, 0) is 20.7 Å². The number of sulfone groups is 1. The molecule has 2 aromatic carbocycles. The fourth-order valence-corrected chi connectivity index (χ4v) is 5.02. The second-order valence-corrected chi connectivity index (χ2v) is 12.2. The highest BCUT2D eigenvalue weighted by atomic mass is 32.2. The van der Waals surface area contributed by atoms with Gasteiger partial charge in [-0.15, -0.1) is 0 Å². The highest BCUT2D eigenvalue weighted by molar-refractivity contribution is 7.91. The maximum absolute atomic E-state index is 12.2. The fourth-order valence-electron chi connectivity index (χ4n) is 4.38. The lowest BCUT2D eigenvalue weighted by molar-refractivity contribution is 0.102. The van der Waals surface area contributed by atoms with Crippen LogP contribution in [-0.4, -0.2) is 26.2 Å². The number of aryl methyl sites for hydroxylation is 1.